The molecule has 0 spiro atoms. The lowest BCUT2D eigenvalue weighted by Crippen LogP contribution is -2.37. The zero-order chi connectivity index (χ0) is 15.5. The summed E-state index contributed by atoms with van der Waals surface area (Å²) < 4.78 is 37.0. The molecule has 0 aromatic carbocycles. The fraction of sp³-hybridized carbons (Fsp3) is 0.417. The van der Waals surface area contributed by atoms with E-state index in [0.717, 1.165) is 23.2 Å². The third-order valence-electron chi connectivity index (χ3n) is 2.52. The number of halogens is 3. The Kier molecular flexibility index (Phi) is 4.69. The highest BCUT2D eigenvalue weighted by Gasteiger charge is 2.32. The number of nitrogens with zero attached hydrogens (tertiary/aromatic N) is 3. The molecule has 110 valence electrons. The van der Waals surface area contributed by atoms with Crippen LogP contribution < -0.4 is 0 Å². The van der Waals surface area contributed by atoms with Crippen LogP contribution in [0.2, 0.25) is 0 Å². The summed E-state index contributed by atoms with van der Waals surface area (Å²) in [6.45, 7) is -0.160. The molecule has 2 amide bonds. The molecular weight excluding hydrogens is 275 g/mol. The monoisotopic (exact) mass is 289 g/mol. The maximum Gasteiger partial charge on any atom is 0.433 e. The van der Waals surface area contributed by atoms with E-state index < -0.39 is 17.8 Å². The molecule has 1 rings (SSSR count). The maximum absolute atomic E-state index is 12.3. The van der Waals surface area contributed by atoms with Gasteiger partial charge in [0.25, 0.3) is 5.91 Å². The van der Waals surface area contributed by atoms with Crippen molar-refractivity contribution in [3.05, 3.63) is 29.6 Å². The van der Waals surface area contributed by atoms with Gasteiger partial charge in [-0.05, 0) is 12.1 Å². The Balaban J connectivity index is 2.80. The zero-order valence-electron chi connectivity index (χ0n) is 11.2. The van der Waals surface area contributed by atoms with Crippen LogP contribution in [0.3, 0.4) is 0 Å². The van der Waals surface area contributed by atoms with Gasteiger partial charge in [0.05, 0.1) is 12.1 Å². The van der Waals surface area contributed by atoms with Gasteiger partial charge >= 0.3 is 6.18 Å². The minimum absolute atomic E-state index is 0.00736. The summed E-state index contributed by atoms with van der Waals surface area (Å²) >= 11 is 0. The molecule has 0 aliphatic carbocycles. The van der Waals surface area contributed by atoms with Crippen LogP contribution in [-0.4, -0.2) is 54.3 Å². The third-order valence-corrected chi connectivity index (χ3v) is 2.52. The van der Waals surface area contributed by atoms with Crippen molar-refractivity contribution >= 4 is 11.8 Å². The number of pyridine rings is 1. The van der Waals surface area contributed by atoms with Crippen molar-refractivity contribution in [2.45, 2.75) is 6.18 Å². The average molecular weight is 289 g/mol. The highest BCUT2D eigenvalue weighted by atomic mass is 19.4. The number of hydrogen-bond donors (Lipinski definition) is 0. The minimum atomic E-state index is -4.55. The number of alkyl halides is 3. The number of aromatic nitrogens is 1. The molecule has 5 nitrogen and oxygen atoms in total. The van der Waals surface area contributed by atoms with E-state index in [1.165, 1.54) is 11.9 Å². The van der Waals surface area contributed by atoms with Crippen molar-refractivity contribution < 1.29 is 22.8 Å². The standard InChI is InChI=1S/C12H14F3N3O2/c1-17(2)10(19)7-18(3)11(20)8-4-5-9(16-6-8)12(13,14)15/h4-6H,7H2,1-3H3. The Morgan fingerprint density at radius 1 is 1.20 bits per heavy atom. The smallest absolute Gasteiger partial charge is 0.347 e. The molecule has 0 unspecified atom stereocenters. The first-order chi connectivity index (χ1) is 9.12. The van der Waals surface area contributed by atoms with Crippen LogP contribution in [0.15, 0.2) is 18.3 Å². The molecule has 1 heterocycles. The summed E-state index contributed by atoms with van der Waals surface area (Å²) in [6.07, 6.45) is -3.70. The Morgan fingerprint density at radius 2 is 1.80 bits per heavy atom. The molecule has 1 aromatic rings. The van der Waals surface area contributed by atoms with Gasteiger partial charge < -0.3 is 9.80 Å². The van der Waals surface area contributed by atoms with Gasteiger partial charge in [-0.25, -0.2) is 0 Å². The molecule has 0 radical (unpaired) electrons. The quantitative estimate of drug-likeness (QED) is 0.842. The van der Waals surface area contributed by atoms with E-state index in [1.54, 1.807) is 14.1 Å². The highest BCUT2D eigenvalue weighted by molar-refractivity contribution is 5.96. The van der Waals surface area contributed by atoms with Gasteiger partial charge in [0.2, 0.25) is 5.91 Å². The van der Waals surface area contributed by atoms with Crippen molar-refractivity contribution in [2.24, 2.45) is 0 Å². The van der Waals surface area contributed by atoms with Crippen LogP contribution in [-0.2, 0) is 11.0 Å². The Morgan fingerprint density at radius 3 is 2.20 bits per heavy atom. The van der Waals surface area contributed by atoms with E-state index in [1.807, 2.05) is 0 Å². The molecule has 0 fully saturated rings. The van der Waals surface area contributed by atoms with Crippen LogP contribution >= 0.6 is 0 Å². The average Bonchev–Trinajstić information content (AvgIpc) is 2.36. The van der Waals surface area contributed by atoms with E-state index in [2.05, 4.69) is 4.98 Å². The highest BCUT2D eigenvalue weighted by Crippen LogP contribution is 2.27. The third kappa shape index (κ3) is 3.94. The van der Waals surface area contributed by atoms with Crippen molar-refractivity contribution in [3.8, 4) is 0 Å². The molecule has 0 aliphatic rings. The molecule has 20 heavy (non-hydrogen) atoms. The lowest BCUT2D eigenvalue weighted by atomic mass is 10.2. The van der Waals surface area contributed by atoms with Gasteiger partial charge in [-0.2, -0.15) is 13.2 Å². The summed E-state index contributed by atoms with van der Waals surface area (Å²) in [4.78, 5) is 29.0. The summed E-state index contributed by atoms with van der Waals surface area (Å²) in [6, 6.07) is 1.77. The first-order valence-corrected chi connectivity index (χ1v) is 5.61. The van der Waals surface area contributed by atoms with Crippen molar-refractivity contribution in [1.82, 2.24) is 14.8 Å². The lowest BCUT2D eigenvalue weighted by molar-refractivity contribution is -0.141. The Bertz CT molecular complexity index is 498. The SMILES string of the molecule is CN(C)C(=O)CN(C)C(=O)c1ccc(C(F)(F)F)nc1. The molecule has 8 heteroatoms. The van der Waals surface area contributed by atoms with E-state index >= 15 is 0 Å². The largest absolute Gasteiger partial charge is 0.433 e. The second-order valence-electron chi connectivity index (χ2n) is 4.38. The molecule has 0 bridgehead atoms. The van der Waals surface area contributed by atoms with Gasteiger partial charge in [-0.3, -0.25) is 14.6 Å². The van der Waals surface area contributed by atoms with Gasteiger partial charge in [0.15, 0.2) is 0 Å². The molecule has 0 saturated carbocycles. The number of likely N-dealkylation sites (N-methyl/N-ethyl adjacent to an activating group) is 2. The first-order valence-electron chi connectivity index (χ1n) is 5.61. The van der Waals surface area contributed by atoms with E-state index in [-0.39, 0.29) is 18.0 Å². The van der Waals surface area contributed by atoms with Gasteiger partial charge in [0, 0.05) is 27.3 Å². The summed E-state index contributed by atoms with van der Waals surface area (Å²) in [5, 5.41) is 0. The molecule has 0 aliphatic heterocycles. The first kappa shape index (κ1) is 15.9. The number of carbonyl (C=O) groups is 2. The van der Waals surface area contributed by atoms with E-state index in [9.17, 15) is 22.8 Å². The van der Waals surface area contributed by atoms with Gasteiger partial charge in [0.1, 0.15) is 5.69 Å². The number of hydrogen-bond acceptors (Lipinski definition) is 3. The predicted molar refractivity (Wildman–Crippen MR) is 64.9 cm³/mol. The maximum atomic E-state index is 12.3. The van der Waals surface area contributed by atoms with Crippen LogP contribution in [0.4, 0.5) is 13.2 Å². The molecule has 0 atom stereocenters. The number of carbonyl (C=O) groups excluding carboxylic acids is 2. The summed E-state index contributed by atoms with van der Waals surface area (Å²) in [5.74, 6) is -0.859. The Hall–Kier alpha value is -2.12. The molecule has 1 aromatic heterocycles. The predicted octanol–water partition coefficient (Wildman–Crippen LogP) is 1.26. The van der Waals surface area contributed by atoms with E-state index in [0.29, 0.717) is 0 Å². The van der Waals surface area contributed by atoms with Crippen LogP contribution in [0.25, 0.3) is 0 Å². The minimum Gasteiger partial charge on any atom is -0.347 e. The van der Waals surface area contributed by atoms with Gasteiger partial charge in [-0.1, -0.05) is 0 Å². The molecular formula is C12H14F3N3O2. The lowest BCUT2D eigenvalue weighted by Gasteiger charge is -2.19. The zero-order valence-corrected chi connectivity index (χ0v) is 11.2. The fourth-order valence-corrected chi connectivity index (χ4v) is 1.32. The van der Waals surface area contributed by atoms with Crippen LogP contribution in [0.1, 0.15) is 16.1 Å². The Labute approximate surface area is 114 Å². The van der Waals surface area contributed by atoms with Crippen molar-refractivity contribution in [3.63, 3.8) is 0 Å². The van der Waals surface area contributed by atoms with Crippen LogP contribution in [0.5, 0.6) is 0 Å². The van der Waals surface area contributed by atoms with Crippen LogP contribution in [0, 0.1) is 0 Å². The molecule has 0 N–H and O–H groups in total. The normalized spacial score (nSPS) is 11.1. The summed E-state index contributed by atoms with van der Waals surface area (Å²) in [7, 11) is 4.47. The van der Waals surface area contributed by atoms with Crippen molar-refractivity contribution in [1.29, 1.82) is 0 Å². The summed E-state index contributed by atoms with van der Waals surface area (Å²) in [5.41, 5.74) is -1.08. The van der Waals surface area contributed by atoms with E-state index in [4.69, 9.17) is 0 Å². The van der Waals surface area contributed by atoms with Gasteiger partial charge in [-0.15, -0.1) is 0 Å². The number of amides is 2. The topological polar surface area (TPSA) is 53.5 Å². The second kappa shape index (κ2) is 5.89. The second-order valence-corrected chi connectivity index (χ2v) is 4.38. The van der Waals surface area contributed by atoms with Crippen molar-refractivity contribution in [2.75, 3.05) is 27.7 Å². The molecule has 0 saturated heterocycles. The number of rotatable bonds is 3. The fourth-order valence-electron chi connectivity index (χ4n) is 1.32.